The van der Waals surface area contributed by atoms with E-state index in [2.05, 4.69) is 25.0 Å². The summed E-state index contributed by atoms with van der Waals surface area (Å²) in [5, 5.41) is 25.1. The highest BCUT2D eigenvalue weighted by atomic mass is 16.5. The van der Waals surface area contributed by atoms with Gasteiger partial charge in [0.2, 0.25) is 0 Å². The zero-order valence-electron chi connectivity index (χ0n) is 21.6. The molecule has 188 valence electrons. The first-order valence-electron chi connectivity index (χ1n) is 14.1. The molecule has 1 aromatic rings. The van der Waals surface area contributed by atoms with Crippen LogP contribution in [0.25, 0.3) is 0 Å². The summed E-state index contributed by atoms with van der Waals surface area (Å²) in [5.74, 6) is 5.42. The van der Waals surface area contributed by atoms with Crippen LogP contribution in [0, 0.1) is 58.2 Å². The first kappa shape index (κ1) is 24.3. The van der Waals surface area contributed by atoms with Crippen LogP contribution in [-0.2, 0) is 11.3 Å². The van der Waals surface area contributed by atoms with Crippen molar-refractivity contribution in [3.63, 3.8) is 0 Å². The summed E-state index contributed by atoms with van der Waals surface area (Å²) in [5.41, 5.74) is 0.537. The fraction of sp³-hybridized carbons (Fsp3) is 0.862. The molecule has 0 saturated heterocycles. The van der Waals surface area contributed by atoms with Crippen LogP contribution < -0.4 is 0 Å². The number of aromatic nitrogens is 2. The molecule has 4 aliphatic rings. The largest absolute Gasteiger partial charge is 0.387 e. The van der Waals surface area contributed by atoms with Crippen molar-refractivity contribution in [2.45, 2.75) is 97.1 Å². The second kappa shape index (κ2) is 9.58. The van der Waals surface area contributed by atoms with Crippen molar-refractivity contribution < 1.29 is 9.84 Å². The van der Waals surface area contributed by atoms with Gasteiger partial charge in [0, 0.05) is 13.2 Å². The Kier molecular flexibility index (Phi) is 6.85. The van der Waals surface area contributed by atoms with Gasteiger partial charge >= 0.3 is 0 Å². The fourth-order valence-electron chi connectivity index (χ4n) is 9.54. The van der Waals surface area contributed by atoms with Crippen molar-refractivity contribution in [2.24, 2.45) is 46.8 Å². The monoisotopic (exact) mass is 467 g/mol. The first-order valence-corrected chi connectivity index (χ1v) is 14.1. The Labute approximate surface area is 206 Å². The Balaban J connectivity index is 1.29. The molecule has 1 aromatic heterocycles. The average molecular weight is 468 g/mol. The molecule has 4 fully saturated rings. The van der Waals surface area contributed by atoms with Crippen molar-refractivity contribution >= 4 is 0 Å². The van der Waals surface area contributed by atoms with Crippen molar-refractivity contribution in [2.75, 3.05) is 13.2 Å². The number of hydrogen-bond acceptors (Lipinski definition) is 4. The minimum absolute atomic E-state index is 0.430. The summed E-state index contributed by atoms with van der Waals surface area (Å²) in [7, 11) is 0. The summed E-state index contributed by atoms with van der Waals surface area (Å²) in [6.07, 6.45) is 14.1. The summed E-state index contributed by atoms with van der Waals surface area (Å²) in [6.45, 7) is 9.07. The number of hydrogen-bond donors (Lipinski definition) is 1. The molecule has 0 aliphatic heterocycles. The molecule has 0 bridgehead atoms. The zero-order chi connectivity index (χ0) is 23.9. The van der Waals surface area contributed by atoms with E-state index in [4.69, 9.17) is 4.74 Å². The van der Waals surface area contributed by atoms with E-state index in [-0.39, 0.29) is 0 Å². The number of rotatable bonds is 7. The van der Waals surface area contributed by atoms with Gasteiger partial charge in [-0.3, -0.25) is 4.68 Å². The van der Waals surface area contributed by atoms with Crippen LogP contribution in [0.4, 0.5) is 0 Å². The first-order chi connectivity index (χ1) is 16.4. The lowest BCUT2D eigenvalue weighted by Crippen LogP contribution is -2.52. The second-order valence-electron chi connectivity index (χ2n) is 12.4. The molecule has 5 nitrogen and oxygen atoms in total. The van der Waals surface area contributed by atoms with Gasteiger partial charge in [-0.1, -0.05) is 20.3 Å². The average Bonchev–Trinajstić information content (AvgIpc) is 3.44. The minimum Gasteiger partial charge on any atom is -0.387 e. The van der Waals surface area contributed by atoms with E-state index in [0.717, 1.165) is 55.4 Å². The van der Waals surface area contributed by atoms with Crippen LogP contribution in [0.2, 0.25) is 0 Å². The highest BCUT2D eigenvalue weighted by molar-refractivity contribution is 5.18. The number of aliphatic hydroxyl groups is 1. The summed E-state index contributed by atoms with van der Waals surface area (Å²) in [6, 6.07) is 4.16. The lowest BCUT2D eigenvalue weighted by Gasteiger charge is -2.57. The summed E-state index contributed by atoms with van der Waals surface area (Å²) in [4.78, 5) is 0. The van der Waals surface area contributed by atoms with Crippen LogP contribution in [-0.4, -0.2) is 33.7 Å². The maximum Gasteiger partial charge on any atom is 0.138 e. The van der Waals surface area contributed by atoms with Gasteiger partial charge in [0.1, 0.15) is 11.8 Å². The molecule has 0 amide bonds. The predicted octanol–water partition coefficient (Wildman–Crippen LogP) is 5.82. The Hall–Kier alpha value is -1.38. The molecule has 5 rings (SSSR count). The van der Waals surface area contributed by atoms with E-state index < -0.39 is 5.60 Å². The normalized spacial score (nSPS) is 42.3. The minimum atomic E-state index is -0.589. The molecule has 5 heteroatoms. The van der Waals surface area contributed by atoms with E-state index in [0.29, 0.717) is 36.2 Å². The molecular weight excluding hydrogens is 422 g/mol. The molecule has 0 aromatic carbocycles. The van der Waals surface area contributed by atoms with E-state index in [9.17, 15) is 10.4 Å². The molecule has 1 heterocycles. The van der Waals surface area contributed by atoms with Gasteiger partial charge in [-0.15, -0.1) is 0 Å². The van der Waals surface area contributed by atoms with Gasteiger partial charge in [-0.25, -0.2) is 0 Å². The van der Waals surface area contributed by atoms with Gasteiger partial charge in [0.05, 0.1) is 18.4 Å². The quantitative estimate of drug-likeness (QED) is 0.549. The standard InChI is InChI=1S/C29H45N3O2/c1-4-20(18-32-22(17-30)12-15-31-32)26-8-9-27-25-7-6-21-16-29(33,19-34-5-2)14-11-23(21)24(25)10-13-28(26,27)3/h12,15,20-21,23-27,33H,4-11,13-14,16,18-19H2,1-3H3/t20?,21-,23-,24+,25+,26+,27-,28+,29+/m0/s1. The molecule has 4 aliphatic carbocycles. The maximum absolute atomic E-state index is 11.1. The van der Waals surface area contributed by atoms with E-state index >= 15 is 0 Å². The molecular formula is C29H45N3O2. The van der Waals surface area contributed by atoms with E-state index in [1.54, 1.807) is 6.20 Å². The third-order valence-corrected chi connectivity index (χ3v) is 11.1. The van der Waals surface area contributed by atoms with E-state index in [1.165, 1.54) is 44.9 Å². The van der Waals surface area contributed by atoms with Crippen LogP contribution in [0.5, 0.6) is 0 Å². The highest BCUT2D eigenvalue weighted by Gasteiger charge is 2.58. The van der Waals surface area contributed by atoms with Gasteiger partial charge in [-0.2, -0.15) is 10.4 Å². The van der Waals surface area contributed by atoms with Crippen LogP contribution in [0.15, 0.2) is 12.3 Å². The maximum atomic E-state index is 11.1. The second-order valence-corrected chi connectivity index (χ2v) is 12.4. The molecule has 4 saturated carbocycles. The highest BCUT2D eigenvalue weighted by Crippen LogP contribution is 2.66. The third kappa shape index (κ3) is 4.13. The van der Waals surface area contributed by atoms with Gasteiger partial charge in [0.25, 0.3) is 0 Å². The number of nitrogens with zero attached hydrogens (tertiary/aromatic N) is 3. The molecule has 9 atom stereocenters. The SMILES string of the molecule is CCOC[C@@]1(O)CC[C@H]2[C@@H](CC[C@@H]3[C@@H]2CC[C@]2(C)[C@@H](C(CC)Cn4nccc4C#N)CC[C@@H]32)C1. The Morgan fingerprint density at radius 1 is 1.15 bits per heavy atom. The van der Waals surface area contributed by atoms with Gasteiger partial charge in [0.15, 0.2) is 0 Å². The Morgan fingerprint density at radius 2 is 1.97 bits per heavy atom. The van der Waals surface area contributed by atoms with Gasteiger partial charge in [-0.05, 0) is 118 Å². The molecule has 0 radical (unpaired) electrons. The summed E-state index contributed by atoms with van der Waals surface area (Å²) >= 11 is 0. The van der Waals surface area contributed by atoms with Crippen molar-refractivity contribution in [3.05, 3.63) is 18.0 Å². The molecule has 34 heavy (non-hydrogen) atoms. The topological polar surface area (TPSA) is 71.1 Å². The number of ether oxygens (including phenoxy) is 1. The van der Waals surface area contributed by atoms with E-state index in [1.807, 2.05) is 17.7 Å². The lowest BCUT2D eigenvalue weighted by atomic mass is 9.48. The molecule has 1 N–H and O–H groups in total. The smallest absolute Gasteiger partial charge is 0.138 e. The number of nitriles is 1. The fourth-order valence-corrected chi connectivity index (χ4v) is 9.54. The van der Waals surface area contributed by atoms with Crippen molar-refractivity contribution in [3.8, 4) is 6.07 Å². The Morgan fingerprint density at radius 3 is 2.74 bits per heavy atom. The predicted molar refractivity (Wildman–Crippen MR) is 133 cm³/mol. The molecule has 1 unspecified atom stereocenters. The van der Waals surface area contributed by atoms with Crippen molar-refractivity contribution in [1.82, 2.24) is 9.78 Å². The van der Waals surface area contributed by atoms with Crippen LogP contribution in [0.1, 0.15) is 90.7 Å². The van der Waals surface area contributed by atoms with Gasteiger partial charge < -0.3 is 9.84 Å². The number of fused-ring (bicyclic) bond motifs is 5. The lowest BCUT2D eigenvalue weighted by molar-refractivity contribution is -0.130. The van der Waals surface area contributed by atoms with Crippen molar-refractivity contribution in [1.29, 1.82) is 5.26 Å². The third-order valence-electron chi connectivity index (χ3n) is 11.1. The summed E-state index contributed by atoms with van der Waals surface area (Å²) < 4.78 is 7.61. The van der Waals surface area contributed by atoms with Crippen LogP contribution in [0.3, 0.4) is 0 Å². The van der Waals surface area contributed by atoms with Crippen LogP contribution >= 0.6 is 0 Å². The molecule has 0 spiro atoms. The zero-order valence-corrected chi connectivity index (χ0v) is 21.6. The Bertz CT molecular complexity index is 892.